The van der Waals surface area contributed by atoms with Gasteiger partial charge in [0.15, 0.2) is 0 Å². The van der Waals surface area contributed by atoms with Gasteiger partial charge in [-0.1, -0.05) is 50.2 Å². The number of carbonyl (C=O) groups excluding carboxylic acids is 2. The largest absolute Gasteiger partial charge is 0.352 e. The van der Waals surface area contributed by atoms with Crippen molar-refractivity contribution in [3.8, 4) is 0 Å². The molecule has 36 heavy (non-hydrogen) atoms. The van der Waals surface area contributed by atoms with E-state index in [9.17, 15) is 14.0 Å². The first-order valence-electron chi connectivity index (χ1n) is 12.0. The third kappa shape index (κ3) is 5.86. The van der Waals surface area contributed by atoms with Crippen LogP contribution in [0.5, 0.6) is 0 Å². The molecule has 0 saturated heterocycles. The van der Waals surface area contributed by atoms with Crippen LogP contribution in [0.2, 0.25) is 0 Å². The summed E-state index contributed by atoms with van der Waals surface area (Å²) in [6.07, 6.45) is 0. The van der Waals surface area contributed by atoms with Gasteiger partial charge in [-0.3, -0.25) is 14.6 Å². The van der Waals surface area contributed by atoms with Crippen LogP contribution in [0.1, 0.15) is 42.0 Å². The number of nitrogens with zero attached hydrogens (tertiary/aromatic N) is 2. The maximum atomic E-state index is 13.9. The van der Waals surface area contributed by atoms with Gasteiger partial charge in [-0.05, 0) is 66.7 Å². The van der Waals surface area contributed by atoms with E-state index in [0.29, 0.717) is 23.5 Å². The first-order valence-corrected chi connectivity index (χ1v) is 12.0. The molecule has 1 heterocycles. The molecular formula is C29H31FN4O2. The van der Waals surface area contributed by atoms with Gasteiger partial charge < -0.3 is 15.5 Å². The van der Waals surface area contributed by atoms with Crippen LogP contribution < -0.4 is 10.6 Å². The van der Waals surface area contributed by atoms with E-state index in [1.54, 1.807) is 6.07 Å². The highest BCUT2D eigenvalue weighted by Gasteiger charge is 2.35. The molecule has 3 aromatic carbocycles. The van der Waals surface area contributed by atoms with Gasteiger partial charge in [0.25, 0.3) is 0 Å². The Morgan fingerprint density at radius 3 is 2.50 bits per heavy atom. The quantitative estimate of drug-likeness (QED) is 0.439. The number of amides is 2. The van der Waals surface area contributed by atoms with Crippen molar-refractivity contribution >= 4 is 28.9 Å². The molecular weight excluding hydrogens is 455 g/mol. The van der Waals surface area contributed by atoms with E-state index in [2.05, 4.69) is 15.5 Å². The lowest BCUT2D eigenvalue weighted by Gasteiger charge is -2.16. The zero-order valence-electron chi connectivity index (χ0n) is 21.0. The van der Waals surface area contributed by atoms with Gasteiger partial charge in [0.1, 0.15) is 11.7 Å². The van der Waals surface area contributed by atoms with Gasteiger partial charge in [0.05, 0.1) is 11.4 Å². The summed E-state index contributed by atoms with van der Waals surface area (Å²) < 4.78 is 13.9. The van der Waals surface area contributed by atoms with Gasteiger partial charge in [0.2, 0.25) is 11.8 Å². The SMILES string of the molecule is CC(C)C(=O)NCc1cccc(C(=Nc2ccc(CN(C)C)cc2)C2C(=O)Nc3cc(F)ccc32)c1. The highest BCUT2D eigenvalue weighted by Crippen LogP contribution is 2.37. The fourth-order valence-electron chi connectivity index (χ4n) is 4.22. The average Bonchev–Trinajstić information content (AvgIpc) is 3.16. The van der Waals surface area contributed by atoms with Crippen molar-refractivity contribution in [1.82, 2.24) is 10.2 Å². The fourth-order valence-corrected chi connectivity index (χ4v) is 4.22. The van der Waals surface area contributed by atoms with Crippen LogP contribution in [-0.2, 0) is 22.7 Å². The van der Waals surface area contributed by atoms with Crippen molar-refractivity contribution in [2.45, 2.75) is 32.9 Å². The molecule has 186 valence electrons. The van der Waals surface area contributed by atoms with E-state index < -0.39 is 11.7 Å². The topological polar surface area (TPSA) is 73.8 Å². The number of carbonyl (C=O) groups is 2. The number of rotatable bonds is 8. The van der Waals surface area contributed by atoms with Crippen LogP contribution in [-0.4, -0.2) is 36.5 Å². The molecule has 6 nitrogen and oxygen atoms in total. The maximum Gasteiger partial charge on any atom is 0.238 e. The molecule has 4 rings (SSSR count). The minimum atomic E-state index is -0.692. The number of nitrogens with one attached hydrogen (secondary N) is 2. The lowest BCUT2D eigenvalue weighted by molar-refractivity contribution is -0.124. The molecule has 0 aromatic heterocycles. The van der Waals surface area contributed by atoms with Crippen molar-refractivity contribution in [1.29, 1.82) is 0 Å². The number of fused-ring (bicyclic) bond motifs is 1. The Bertz CT molecular complexity index is 1300. The molecule has 2 N–H and O–H groups in total. The van der Waals surface area contributed by atoms with E-state index in [1.807, 2.05) is 76.5 Å². The Morgan fingerprint density at radius 1 is 1.06 bits per heavy atom. The maximum absolute atomic E-state index is 13.9. The summed E-state index contributed by atoms with van der Waals surface area (Å²) in [5.74, 6) is -1.50. The molecule has 0 aliphatic carbocycles. The van der Waals surface area contributed by atoms with Gasteiger partial charge in [-0.25, -0.2) is 4.39 Å². The van der Waals surface area contributed by atoms with Crippen LogP contribution in [0.4, 0.5) is 15.8 Å². The predicted molar refractivity (Wildman–Crippen MR) is 141 cm³/mol. The van der Waals surface area contributed by atoms with Crippen LogP contribution >= 0.6 is 0 Å². The van der Waals surface area contributed by atoms with E-state index >= 15 is 0 Å². The van der Waals surface area contributed by atoms with Crippen LogP contribution in [0.15, 0.2) is 71.7 Å². The second-order valence-electron chi connectivity index (χ2n) is 9.63. The molecule has 1 unspecified atom stereocenters. The molecule has 1 aliphatic rings. The van der Waals surface area contributed by atoms with Crippen molar-refractivity contribution in [3.05, 3.63) is 94.8 Å². The number of halogens is 1. The Balaban J connectivity index is 1.75. The molecule has 0 fully saturated rings. The van der Waals surface area contributed by atoms with Crippen molar-refractivity contribution in [2.75, 3.05) is 19.4 Å². The normalized spacial score (nSPS) is 15.2. The standard InChI is InChI=1S/C29H31FN4O2/c1-18(2)28(35)31-16-20-6-5-7-21(14-20)27(32-23-11-8-19(9-12-23)17-34(3)4)26-24-13-10-22(30)15-25(24)33-29(26)36/h5-15,18,26H,16-17H2,1-4H3,(H,31,35)(H,33,36). The van der Waals surface area contributed by atoms with E-state index in [4.69, 9.17) is 4.99 Å². The highest BCUT2D eigenvalue weighted by molar-refractivity contribution is 6.24. The first kappa shape index (κ1) is 25.3. The Hall–Kier alpha value is -3.84. The second kappa shape index (κ2) is 10.8. The molecule has 0 bridgehead atoms. The lowest BCUT2D eigenvalue weighted by Crippen LogP contribution is -2.27. The van der Waals surface area contributed by atoms with Crippen LogP contribution in [0, 0.1) is 11.7 Å². The molecule has 0 radical (unpaired) electrons. The smallest absolute Gasteiger partial charge is 0.238 e. The summed E-state index contributed by atoms with van der Waals surface area (Å²) in [4.78, 5) is 32.2. The zero-order valence-corrected chi connectivity index (χ0v) is 21.0. The summed E-state index contributed by atoms with van der Waals surface area (Å²) in [6, 6.07) is 19.9. The van der Waals surface area contributed by atoms with Gasteiger partial charge in [-0.15, -0.1) is 0 Å². The average molecular weight is 487 g/mol. The van der Waals surface area contributed by atoms with Crippen molar-refractivity contribution in [3.63, 3.8) is 0 Å². The van der Waals surface area contributed by atoms with Gasteiger partial charge in [0, 0.05) is 24.7 Å². The zero-order chi connectivity index (χ0) is 25.8. The number of aliphatic imine (C=N–C) groups is 1. The molecule has 0 saturated carbocycles. The fraction of sp³-hybridized carbons (Fsp3) is 0.276. The molecule has 1 atom stereocenters. The van der Waals surface area contributed by atoms with Crippen LogP contribution in [0.25, 0.3) is 0 Å². The van der Waals surface area contributed by atoms with Crippen molar-refractivity contribution in [2.24, 2.45) is 10.9 Å². The highest BCUT2D eigenvalue weighted by atomic mass is 19.1. The van der Waals surface area contributed by atoms with Gasteiger partial charge >= 0.3 is 0 Å². The van der Waals surface area contributed by atoms with E-state index in [1.165, 1.54) is 12.1 Å². The lowest BCUT2D eigenvalue weighted by atomic mass is 9.90. The number of hydrogen-bond acceptors (Lipinski definition) is 4. The summed E-state index contributed by atoms with van der Waals surface area (Å²) in [6.45, 7) is 4.87. The predicted octanol–water partition coefficient (Wildman–Crippen LogP) is 5.02. The monoisotopic (exact) mass is 486 g/mol. The Labute approximate surface area is 211 Å². The minimum Gasteiger partial charge on any atom is -0.352 e. The molecule has 3 aromatic rings. The number of anilines is 1. The molecule has 0 spiro atoms. The summed E-state index contributed by atoms with van der Waals surface area (Å²) >= 11 is 0. The minimum absolute atomic E-state index is 0.0294. The van der Waals surface area contributed by atoms with Crippen LogP contribution in [0.3, 0.4) is 0 Å². The van der Waals surface area contributed by atoms with E-state index in [-0.39, 0.29) is 17.7 Å². The van der Waals surface area contributed by atoms with E-state index in [0.717, 1.165) is 28.9 Å². The molecule has 7 heteroatoms. The Kier molecular flexibility index (Phi) is 7.60. The van der Waals surface area contributed by atoms with Gasteiger partial charge in [-0.2, -0.15) is 0 Å². The third-order valence-electron chi connectivity index (χ3n) is 6.02. The molecule has 1 aliphatic heterocycles. The van der Waals surface area contributed by atoms with Crippen molar-refractivity contribution < 1.29 is 14.0 Å². The Morgan fingerprint density at radius 2 is 1.81 bits per heavy atom. The number of hydrogen-bond donors (Lipinski definition) is 2. The first-order chi connectivity index (χ1) is 17.2. The number of benzene rings is 3. The summed E-state index contributed by atoms with van der Waals surface area (Å²) in [7, 11) is 4.03. The third-order valence-corrected chi connectivity index (χ3v) is 6.02. The summed E-state index contributed by atoms with van der Waals surface area (Å²) in [5, 5.41) is 5.73. The second-order valence-corrected chi connectivity index (χ2v) is 9.63. The molecule has 2 amide bonds. The summed E-state index contributed by atoms with van der Waals surface area (Å²) in [5.41, 5.74) is 5.24.